The first-order chi connectivity index (χ1) is 13.6. The number of hydrogen-bond acceptors (Lipinski definition) is 3. The molecule has 0 radical (unpaired) electrons. The second-order valence-electron chi connectivity index (χ2n) is 9.45. The molecule has 0 atom stereocenters. The SMILES string of the molecule is CCOC(=O)\C=C(C)/C=C/C=C1\CCOc2cc3c(cc21)C(C)(C)CCC3(C)C. The van der Waals surface area contributed by atoms with Crippen LogP contribution in [0, 0.1) is 0 Å². The van der Waals surface area contributed by atoms with Crippen LogP contribution in [0.15, 0.2) is 42.0 Å². The molecule has 0 aromatic heterocycles. The predicted molar refractivity (Wildman–Crippen MR) is 119 cm³/mol. The van der Waals surface area contributed by atoms with Gasteiger partial charge in [-0.3, -0.25) is 0 Å². The van der Waals surface area contributed by atoms with Gasteiger partial charge in [-0.25, -0.2) is 4.79 Å². The van der Waals surface area contributed by atoms with Gasteiger partial charge in [0, 0.05) is 18.1 Å². The van der Waals surface area contributed by atoms with Gasteiger partial charge in [0.1, 0.15) is 5.75 Å². The molecule has 3 rings (SSSR count). The number of ether oxygens (including phenoxy) is 2. The van der Waals surface area contributed by atoms with E-state index in [1.165, 1.54) is 41.2 Å². The summed E-state index contributed by atoms with van der Waals surface area (Å²) in [5.74, 6) is 0.703. The van der Waals surface area contributed by atoms with E-state index < -0.39 is 0 Å². The minimum absolute atomic E-state index is 0.178. The van der Waals surface area contributed by atoms with E-state index in [1.54, 1.807) is 0 Å². The molecule has 156 valence electrons. The monoisotopic (exact) mass is 394 g/mol. The maximum Gasteiger partial charge on any atom is 0.330 e. The fourth-order valence-electron chi connectivity index (χ4n) is 4.28. The molecule has 3 heteroatoms. The molecule has 1 aliphatic heterocycles. The molecule has 0 saturated carbocycles. The van der Waals surface area contributed by atoms with Gasteiger partial charge in [-0.15, -0.1) is 0 Å². The zero-order valence-corrected chi connectivity index (χ0v) is 18.7. The fraction of sp³-hybridized carbons (Fsp3) is 0.500. The fourth-order valence-corrected chi connectivity index (χ4v) is 4.28. The van der Waals surface area contributed by atoms with E-state index in [-0.39, 0.29) is 16.8 Å². The van der Waals surface area contributed by atoms with Gasteiger partial charge in [0.2, 0.25) is 0 Å². The third kappa shape index (κ3) is 4.66. The van der Waals surface area contributed by atoms with Crippen molar-refractivity contribution in [2.75, 3.05) is 13.2 Å². The van der Waals surface area contributed by atoms with Crippen LogP contribution in [0.3, 0.4) is 0 Å². The third-order valence-corrected chi connectivity index (χ3v) is 6.22. The normalized spacial score (nSPS) is 21.4. The molecule has 1 aromatic rings. The Kier molecular flexibility index (Phi) is 6.07. The summed E-state index contributed by atoms with van der Waals surface area (Å²) in [7, 11) is 0. The van der Waals surface area contributed by atoms with Crippen molar-refractivity contribution in [1.82, 2.24) is 0 Å². The van der Waals surface area contributed by atoms with Gasteiger partial charge >= 0.3 is 5.97 Å². The number of carbonyl (C=O) groups is 1. The molecular weight excluding hydrogens is 360 g/mol. The van der Waals surface area contributed by atoms with Crippen molar-refractivity contribution in [3.8, 4) is 5.75 Å². The lowest BCUT2D eigenvalue weighted by Crippen LogP contribution is -2.34. The maximum atomic E-state index is 11.6. The van der Waals surface area contributed by atoms with Crippen LogP contribution >= 0.6 is 0 Å². The van der Waals surface area contributed by atoms with Gasteiger partial charge in [0.25, 0.3) is 0 Å². The minimum Gasteiger partial charge on any atom is -0.493 e. The summed E-state index contributed by atoms with van der Waals surface area (Å²) in [5, 5.41) is 0. The Hall–Kier alpha value is -2.29. The van der Waals surface area contributed by atoms with Crippen LogP contribution in [0.5, 0.6) is 5.75 Å². The lowest BCUT2D eigenvalue weighted by atomic mass is 9.62. The first-order valence-corrected chi connectivity index (χ1v) is 10.7. The van der Waals surface area contributed by atoms with Crippen LogP contribution < -0.4 is 4.74 Å². The average Bonchev–Trinajstić information content (AvgIpc) is 2.65. The first-order valence-electron chi connectivity index (χ1n) is 10.7. The highest BCUT2D eigenvalue weighted by Gasteiger charge is 2.38. The average molecular weight is 395 g/mol. The van der Waals surface area contributed by atoms with E-state index in [1.807, 2.05) is 26.0 Å². The lowest BCUT2D eigenvalue weighted by Gasteiger charge is -2.42. The molecule has 0 N–H and O–H groups in total. The highest BCUT2D eigenvalue weighted by atomic mass is 16.5. The molecule has 0 bridgehead atoms. The number of fused-ring (bicyclic) bond motifs is 2. The zero-order chi connectivity index (χ0) is 21.2. The van der Waals surface area contributed by atoms with Crippen LogP contribution in [0.1, 0.15) is 77.5 Å². The zero-order valence-electron chi connectivity index (χ0n) is 18.7. The Labute approximate surface area is 175 Å². The summed E-state index contributed by atoms with van der Waals surface area (Å²) in [5.41, 5.74) is 6.60. The van der Waals surface area contributed by atoms with Crippen molar-refractivity contribution in [3.05, 3.63) is 58.7 Å². The summed E-state index contributed by atoms with van der Waals surface area (Å²) < 4.78 is 11.0. The smallest absolute Gasteiger partial charge is 0.330 e. The topological polar surface area (TPSA) is 35.5 Å². The number of rotatable bonds is 4. The first kappa shape index (κ1) is 21.4. The van der Waals surface area contributed by atoms with Gasteiger partial charge in [-0.1, -0.05) is 45.9 Å². The Morgan fingerprint density at radius 1 is 1.14 bits per heavy atom. The van der Waals surface area contributed by atoms with E-state index in [0.29, 0.717) is 13.2 Å². The van der Waals surface area contributed by atoms with Crippen molar-refractivity contribution >= 4 is 11.5 Å². The van der Waals surface area contributed by atoms with Gasteiger partial charge in [-0.2, -0.15) is 0 Å². The second-order valence-corrected chi connectivity index (χ2v) is 9.45. The van der Waals surface area contributed by atoms with E-state index in [0.717, 1.165) is 17.7 Å². The summed E-state index contributed by atoms with van der Waals surface area (Å²) in [6.45, 7) is 14.2. The quantitative estimate of drug-likeness (QED) is 0.343. The summed E-state index contributed by atoms with van der Waals surface area (Å²) in [6, 6.07) is 4.65. The Bertz CT molecular complexity index is 881. The molecular formula is C26H34O3. The molecule has 0 fully saturated rings. The van der Waals surface area contributed by atoms with Gasteiger partial charge < -0.3 is 9.47 Å². The van der Waals surface area contributed by atoms with E-state index in [2.05, 4.69) is 45.9 Å². The largest absolute Gasteiger partial charge is 0.493 e. The van der Waals surface area contributed by atoms with E-state index in [9.17, 15) is 4.79 Å². The molecule has 29 heavy (non-hydrogen) atoms. The highest BCUT2D eigenvalue weighted by molar-refractivity contribution is 5.83. The molecule has 0 saturated heterocycles. The van der Waals surface area contributed by atoms with Crippen molar-refractivity contribution in [2.45, 2.75) is 71.6 Å². The summed E-state index contributed by atoms with van der Waals surface area (Å²) >= 11 is 0. The second kappa shape index (κ2) is 8.22. The third-order valence-electron chi connectivity index (χ3n) is 6.22. The molecule has 1 heterocycles. The number of hydrogen-bond donors (Lipinski definition) is 0. The van der Waals surface area contributed by atoms with Gasteiger partial charge in [0.05, 0.1) is 13.2 Å². The Morgan fingerprint density at radius 3 is 2.45 bits per heavy atom. The van der Waals surface area contributed by atoms with Crippen molar-refractivity contribution < 1.29 is 14.3 Å². The summed E-state index contributed by atoms with van der Waals surface area (Å²) in [6.07, 6.45) is 10.9. The molecule has 0 unspecified atom stereocenters. The van der Waals surface area contributed by atoms with E-state index in [4.69, 9.17) is 9.47 Å². The van der Waals surface area contributed by atoms with Gasteiger partial charge in [-0.05, 0) is 71.9 Å². The molecule has 1 aliphatic carbocycles. The van der Waals surface area contributed by atoms with Crippen LogP contribution in [0.2, 0.25) is 0 Å². The predicted octanol–water partition coefficient (Wildman–Crippen LogP) is 6.27. The Morgan fingerprint density at radius 2 is 1.79 bits per heavy atom. The highest BCUT2D eigenvalue weighted by Crippen LogP contribution is 2.49. The van der Waals surface area contributed by atoms with Crippen LogP contribution in [0.25, 0.3) is 5.57 Å². The summed E-state index contributed by atoms with van der Waals surface area (Å²) in [4.78, 5) is 11.6. The Balaban J connectivity index is 1.94. The molecule has 0 spiro atoms. The van der Waals surface area contributed by atoms with Crippen molar-refractivity contribution in [1.29, 1.82) is 0 Å². The molecule has 3 nitrogen and oxygen atoms in total. The van der Waals surface area contributed by atoms with Crippen molar-refractivity contribution in [3.63, 3.8) is 0 Å². The molecule has 0 amide bonds. The number of carbonyl (C=O) groups excluding carboxylic acids is 1. The lowest BCUT2D eigenvalue weighted by molar-refractivity contribution is -0.137. The van der Waals surface area contributed by atoms with Crippen LogP contribution in [-0.4, -0.2) is 19.2 Å². The van der Waals surface area contributed by atoms with Crippen LogP contribution in [0.4, 0.5) is 0 Å². The van der Waals surface area contributed by atoms with Crippen LogP contribution in [-0.2, 0) is 20.4 Å². The van der Waals surface area contributed by atoms with Crippen molar-refractivity contribution in [2.24, 2.45) is 0 Å². The van der Waals surface area contributed by atoms with Gasteiger partial charge in [0.15, 0.2) is 0 Å². The maximum absolute atomic E-state index is 11.6. The molecule has 1 aromatic carbocycles. The minimum atomic E-state index is -0.296. The number of benzene rings is 1. The number of allylic oxidation sites excluding steroid dienone is 4. The molecule has 2 aliphatic rings. The van der Waals surface area contributed by atoms with E-state index >= 15 is 0 Å². The standard InChI is InChI=1S/C26H34O3/c1-7-28-24(27)15-18(2)9-8-10-19-11-14-29-23-17-22-21(16-20(19)23)25(3,4)12-13-26(22,5)6/h8-10,15-17H,7,11-14H2,1-6H3/b9-8+,18-15-,19-10+. The number of esters is 1.